The fraction of sp³-hybridized carbons (Fsp3) is 0.308. The molecule has 0 bridgehead atoms. The third-order valence-electron chi connectivity index (χ3n) is 2.72. The van der Waals surface area contributed by atoms with Crippen LogP contribution in [0.1, 0.15) is 29.9 Å². The standard InChI is InChI=1S/C13H13N3S/c1-15-13(17-2)16-11-6-5-10(8-14)12(7-11)9-3-4-9/h5-7,9H,1,3-4H2,2H3. The minimum atomic E-state index is 0.550. The largest absolute Gasteiger partial charge is 0.239 e. The second kappa shape index (κ2) is 5.15. The summed E-state index contributed by atoms with van der Waals surface area (Å²) >= 11 is 1.46. The monoisotopic (exact) mass is 243 g/mol. The molecule has 1 aromatic carbocycles. The molecule has 0 radical (unpaired) electrons. The van der Waals surface area contributed by atoms with Gasteiger partial charge in [-0.15, -0.1) is 0 Å². The van der Waals surface area contributed by atoms with Crippen molar-refractivity contribution in [2.24, 2.45) is 9.98 Å². The summed E-state index contributed by atoms with van der Waals surface area (Å²) in [6.07, 6.45) is 4.27. The van der Waals surface area contributed by atoms with Crippen LogP contribution in [0.5, 0.6) is 0 Å². The van der Waals surface area contributed by atoms with Gasteiger partial charge in [0, 0.05) is 0 Å². The van der Waals surface area contributed by atoms with Crippen LogP contribution < -0.4 is 0 Å². The van der Waals surface area contributed by atoms with Crippen LogP contribution in [0.15, 0.2) is 28.2 Å². The predicted octanol–water partition coefficient (Wildman–Crippen LogP) is 3.49. The smallest absolute Gasteiger partial charge is 0.187 e. The van der Waals surface area contributed by atoms with E-state index in [0.29, 0.717) is 11.1 Å². The Morgan fingerprint density at radius 3 is 2.82 bits per heavy atom. The van der Waals surface area contributed by atoms with E-state index in [2.05, 4.69) is 22.8 Å². The van der Waals surface area contributed by atoms with Gasteiger partial charge < -0.3 is 0 Å². The first-order valence-corrected chi connectivity index (χ1v) is 6.64. The Labute approximate surface area is 105 Å². The normalized spacial score (nSPS) is 15.4. The molecule has 0 aliphatic heterocycles. The van der Waals surface area contributed by atoms with Crippen molar-refractivity contribution >= 4 is 29.3 Å². The minimum Gasteiger partial charge on any atom is -0.239 e. The second-order valence-electron chi connectivity index (χ2n) is 3.91. The van der Waals surface area contributed by atoms with Gasteiger partial charge in [0.25, 0.3) is 0 Å². The van der Waals surface area contributed by atoms with Crippen molar-refractivity contribution in [2.45, 2.75) is 18.8 Å². The van der Waals surface area contributed by atoms with Gasteiger partial charge in [-0.2, -0.15) is 5.26 Å². The average molecular weight is 243 g/mol. The number of rotatable bonds is 2. The van der Waals surface area contributed by atoms with Crippen LogP contribution in [0.2, 0.25) is 0 Å². The Hall–Kier alpha value is -1.60. The van der Waals surface area contributed by atoms with E-state index in [-0.39, 0.29) is 0 Å². The third-order valence-corrected chi connectivity index (χ3v) is 3.30. The zero-order valence-corrected chi connectivity index (χ0v) is 10.5. The van der Waals surface area contributed by atoms with E-state index in [1.54, 1.807) is 0 Å². The highest BCUT2D eigenvalue weighted by Gasteiger charge is 2.26. The number of aliphatic imine (C=N–C) groups is 2. The van der Waals surface area contributed by atoms with Gasteiger partial charge >= 0.3 is 0 Å². The Bertz CT molecular complexity index is 510. The zero-order valence-electron chi connectivity index (χ0n) is 9.68. The first-order valence-electron chi connectivity index (χ1n) is 5.42. The SMILES string of the molecule is C=NC(=Nc1ccc(C#N)c(C2CC2)c1)SC. The maximum atomic E-state index is 9.04. The van der Waals surface area contributed by atoms with Crippen molar-refractivity contribution in [3.63, 3.8) is 0 Å². The fourth-order valence-electron chi connectivity index (χ4n) is 1.71. The average Bonchev–Trinajstić information content (AvgIpc) is 3.20. The Morgan fingerprint density at radius 2 is 2.29 bits per heavy atom. The van der Waals surface area contributed by atoms with Crippen molar-refractivity contribution in [1.82, 2.24) is 0 Å². The third kappa shape index (κ3) is 2.75. The molecule has 1 fully saturated rings. The molecule has 0 atom stereocenters. The lowest BCUT2D eigenvalue weighted by molar-refractivity contribution is 1.12. The molecule has 0 amide bonds. The van der Waals surface area contributed by atoms with E-state index in [1.807, 2.05) is 24.5 Å². The summed E-state index contributed by atoms with van der Waals surface area (Å²) in [4.78, 5) is 8.22. The van der Waals surface area contributed by atoms with E-state index in [4.69, 9.17) is 5.26 Å². The summed E-state index contributed by atoms with van der Waals surface area (Å²) < 4.78 is 0. The molecule has 0 saturated heterocycles. The molecule has 3 nitrogen and oxygen atoms in total. The van der Waals surface area contributed by atoms with E-state index >= 15 is 0 Å². The Morgan fingerprint density at radius 1 is 1.53 bits per heavy atom. The van der Waals surface area contributed by atoms with Crippen LogP contribution >= 0.6 is 11.8 Å². The highest BCUT2D eigenvalue weighted by molar-refractivity contribution is 8.13. The molecular weight excluding hydrogens is 230 g/mol. The summed E-state index contributed by atoms with van der Waals surface area (Å²) in [7, 11) is 0. The van der Waals surface area contributed by atoms with Crippen molar-refractivity contribution in [3.05, 3.63) is 29.3 Å². The minimum absolute atomic E-state index is 0.550. The molecule has 0 unspecified atom stereocenters. The van der Waals surface area contributed by atoms with Gasteiger partial charge in [0.15, 0.2) is 5.17 Å². The lowest BCUT2D eigenvalue weighted by atomic mass is 10.0. The van der Waals surface area contributed by atoms with Crippen LogP contribution in [0.4, 0.5) is 5.69 Å². The molecule has 1 aliphatic rings. The molecule has 0 heterocycles. The molecule has 17 heavy (non-hydrogen) atoms. The van der Waals surface area contributed by atoms with Crippen LogP contribution in [0.25, 0.3) is 0 Å². The first-order chi connectivity index (χ1) is 8.28. The van der Waals surface area contributed by atoms with Gasteiger partial charge in [-0.3, -0.25) is 0 Å². The summed E-state index contributed by atoms with van der Waals surface area (Å²) in [6.45, 7) is 3.48. The molecule has 86 valence electrons. The first kappa shape index (κ1) is 11.9. The quantitative estimate of drug-likeness (QED) is 0.589. The number of hydrogen-bond acceptors (Lipinski definition) is 3. The van der Waals surface area contributed by atoms with Crippen molar-refractivity contribution in [1.29, 1.82) is 5.26 Å². The van der Waals surface area contributed by atoms with E-state index < -0.39 is 0 Å². The molecule has 0 spiro atoms. The van der Waals surface area contributed by atoms with Gasteiger partial charge in [-0.1, -0.05) is 11.8 Å². The fourth-order valence-corrected chi connectivity index (χ4v) is 2.04. The summed E-state index contributed by atoms with van der Waals surface area (Å²) in [5, 5.41) is 9.69. The van der Waals surface area contributed by atoms with Crippen LogP contribution in [0, 0.1) is 11.3 Å². The number of nitrogens with zero attached hydrogens (tertiary/aromatic N) is 3. The summed E-state index contributed by atoms with van der Waals surface area (Å²) in [5.41, 5.74) is 2.74. The Balaban J connectivity index is 2.37. The number of amidine groups is 1. The number of hydrogen-bond donors (Lipinski definition) is 0. The molecule has 1 aromatic rings. The molecule has 2 rings (SSSR count). The maximum absolute atomic E-state index is 9.04. The van der Waals surface area contributed by atoms with Crippen LogP contribution in [0.3, 0.4) is 0 Å². The van der Waals surface area contributed by atoms with E-state index in [0.717, 1.165) is 16.8 Å². The van der Waals surface area contributed by atoms with Crippen molar-refractivity contribution in [3.8, 4) is 6.07 Å². The number of benzene rings is 1. The lowest BCUT2D eigenvalue weighted by Crippen LogP contribution is -1.88. The predicted molar refractivity (Wildman–Crippen MR) is 73.3 cm³/mol. The summed E-state index contributed by atoms with van der Waals surface area (Å²) in [5.74, 6) is 0.550. The van der Waals surface area contributed by atoms with Gasteiger partial charge in [0.05, 0.1) is 17.3 Å². The van der Waals surface area contributed by atoms with E-state index in [1.165, 1.54) is 24.6 Å². The molecule has 0 N–H and O–H groups in total. The number of nitriles is 1. The highest BCUT2D eigenvalue weighted by Crippen LogP contribution is 2.42. The van der Waals surface area contributed by atoms with Gasteiger partial charge in [0.1, 0.15) is 0 Å². The molecule has 1 saturated carbocycles. The molecule has 0 aromatic heterocycles. The Kier molecular flexibility index (Phi) is 3.60. The summed E-state index contributed by atoms with van der Waals surface area (Å²) in [6, 6.07) is 7.93. The van der Waals surface area contributed by atoms with Gasteiger partial charge in [-0.25, -0.2) is 9.98 Å². The van der Waals surface area contributed by atoms with Crippen molar-refractivity contribution < 1.29 is 0 Å². The highest BCUT2D eigenvalue weighted by atomic mass is 32.2. The van der Waals surface area contributed by atoms with Gasteiger partial charge in [-0.05, 0) is 55.5 Å². The van der Waals surface area contributed by atoms with Crippen LogP contribution in [-0.2, 0) is 0 Å². The number of thioether (sulfide) groups is 1. The van der Waals surface area contributed by atoms with E-state index in [9.17, 15) is 0 Å². The molecule has 1 aliphatic carbocycles. The zero-order chi connectivity index (χ0) is 12.3. The lowest BCUT2D eigenvalue weighted by Gasteiger charge is -2.03. The molecular formula is C13H13N3S. The molecule has 4 heteroatoms. The van der Waals surface area contributed by atoms with Gasteiger partial charge in [0.2, 0.25) is 0 Å². The van der Waals surface area contributed by atoms with Crippen molar-refractivity contribution in [2.75, 3.05) is 6.26 Å². The topological polar surface area (TPSA) is 48.5 Å². The van der Waals surface area contributed by atoms with Crippen LogP contribution in [-0.4, -0.2) is 18.1 Å². The maximum Gasteiger partial charge on any atom is 0.187 e. The second-order valence-corrected chi connectivity index (χ2v) is 4.69.